The second-order valence-corrected chi connectivity index (χ2v) is 11.1. The van der Waals surface area contributed by atoms with Gasteiger partial charge in [0.05, 0.1) is 31.4 Å². The normalized spacial score (nSPS) is 13.7. The summed E-state index contributed by atoms with van der Waals surface area (Å²) in [7, 11) is -3.75. The summed E-state index contributed by atoms with van der Waals surface area (Å²) in [6.45, 7) is 2.28. The molecule has 1 aliphatic rings. The van der Waals surface area contributed by atoms with Crippen molar-refractivity contribution in [3.05, 3.63) is 59.4 Å². The number of anilines is 1. The second kappa shape index (κ2) is 7.60. The van der Waals surface area contributed by atoms with Crippen molar-refractivity contribution < 1.29 is 8.42 Å². The van der Waals surface area contributed by atoms with Gasteiger partial charge in [-0.05, 0) is 43.3 Å². The standard InChI is InChI=1S/C21H15N5O2S3/c1-13-25-17-4-3-16(9-20(17)30-13)31(27,28)26-6-7-29-19-5-2-15(8-18(19)26)21-23-11-14(10-22)12-24-21/h2-5,8-9,11-12H,6-7H2,1H3. The van der Waals surface area contributed by atoms with Gasteiger partial charge < -0.3 is 0 Å². The van der Waals surface area contributed by atoms with Crippen LogP contribution in [0, 0.1) is 18.3 Å². The van der Waals surface area contributed by atoms with Gasteiger partial charge in [-0.15, -0.1) is 23.1 Å². The van der Waals surface area contributed by atoms with E-state index in [1.54, 1.807) is 36.0 Å². The molecule has 0 bridgehead atoms. The number of benzene rings is 2. The molecule has 0 saturated heterocycles. The molecule has 3 heterocycles. The Morgan fingerprint density at radius 2 is 1.94 bits per heavy atom. The minimum absolute atomic E-state index is 0.251. The van der Waals surface area contributed by atoms with E-state index in [0.29, 0.717) is 34.9 Å². The van der Waals surface area contributed by atoms with Crippen molar-refractivity contribution in [2.24, 2.45) is 0 Å². The Hall–Kier alpha value is -3.00. The summed E-state index contributed by atoms with van der Waals surface area (Å²) in [6, 6.07) is 12.6. The zero-order valence-corrected chi connectivity index (χ0v) is 18.8. The van der Waals surface area contributed by atoms with Gasteiger partial charge in [-0.1, -0.05) is 0 Å². The van der Waals surface area contributed by atoms with Crippen molar-refractivity contribution in [1.29, 1.82) is 5.26 Å². The van der Waals surface area contributed by atoms with Gasteiger partial charge in [0.25, 0.3) is 10.0 Å². The predicted octanol–water partition coefficient (Wildman–Crippen LogP) is 4.23. The minimum Gasteiger partial charge on any atom is -0.264 e. The quantitative estimate of drug-likeness (QED) is 0.446. The lowest BCUT2D eigenvalue weighted by molar-refractivity contribution is 0.591. The first-order chi connectivity index (χ1) is 15.0. The molecule has 0 atom stereocenters. The van der Waals surface area contributed by atoms with Gasteiger partial charge in [0, 0.05) is 35.2 Å². The van der Waals surface area contributed by atoms with Crippen molar-refractivity contribution in [1.82, 2.24) is 15.0 Å². The van der Waals surface area contributed by atoms with Gasteiger partial charge in [-0.2, -0.15) is 5.26 Å². The Bertz CT molecular complexity index is 1460. The molecular weight excluding hydrogens is 450 g/mol. The van der Waals surface area contributed by atoms with Gasteiger partial charge in [-0.25, -0.2) is 23.4 Å². The fourth-order valence-corrected chi connectivity index (χ4v) is 7.02. The van der Waals surface area contributed by atoms with Crippen LogP contribution < -0.4 is 4.31 Å². The molecule has 10 heteroatoms. The Balaban J connectivity index is 1.58. The van der Waals surface area contributed by atoms with Crippen LogP contribution in [0.1, 0.15) is 10.6 Å². The van der Waals surface area contributed by atoms with Gasteiger partial charge in [-0.3, -0.25) is 4.31 Å². The summed E-state index contributed by atoms with van der Waals surface area (Å²) < 4.78 is 29.4. The van der Waals surface area contributed by atoms with Gasteiger partial charge >= 0.3 is 0 Å². The van der Waals surface area contributed by atoms with E-state index in [2.05, 4.69) is 15.0 Å². The third-order valence-electron chi connectivity index (χ3n) is 4.87. The lowest BCUT2D eigenvalue weighted by atomic mass is 10.2. The fraction of sp³-hybridized carbons (Fsp3) is 0.143. The van der Waals surface area contributed by atoms with Crippen LogP contribution in [0.2, 0.25) is 0 Å². The SMILES string of the molecule is Cc1nc2ccc(S(=O)(=O)N3CCSc4ccc(-c5ncc(C#N)cn5)cc43)cc2s1. The molecule has 0 amide bonds. The molecule has 0 unspecified atom stereocenters. The smallest absolute Gasteiger partial charge is 0.264 e. The van der Waals surface area contributed by atoms with E-state index in [-0.39, 0.29) is 4.90 Å². The van der Waals surface area contributed by atoms with Crippen molar-refractivity contribution in [3.63, 3.8) is 0 Å². The van der Waals surface area contributed by atoms with Crippen molar-refractivity contribution in [2.75, 3.05) is 16.6 Å². The van der Waals surface area contributed by atoms with E-state index in [0.717, 1.165) is 20.1 Å². The van der Waals surface area contributed by atoms with E-state index in [1.165, 1.54) is 28.0 Å². The summed E-state index contributed by atoms with van der Waals surface area (Å²) in [5, 5.41) is 9.85. The largest absolute Gasteiger partial charge is 0.264 e. The van der Waals surface area contributed by atoms with Crippen LogP contribution in [0.3, 0.4) is 0 Å². The van der Waals surface area contributed by atoms with Crippen molar-refractivity contribution in [3.8, 4) is 17.5 Å². The third-order valence-corrected chi connectivity index (χ3v) is 8.66. The highest BCUT2D eigenvalue weighted by Crippen LogP contribution is 2.40. The van der Waals surface area contributed by atoms with E-state index >= 15 is 0 Å². The zero-order valence-electron chi connectivity index (χ0n) is 16.3. The van der Waals surface area contributed by atoms with E-state index in [4.69, 9.17) is 5.26 Å². The van der Waals surface area contributed by atoms with E-state index < -0.39 is 10.0 Å². The number of thiazole rings is 1. The van der Waals surface area contributed by atoms with Crippen LogP contribution in [0.4, 0.5) is 5.69 Å². The molecule has 0 aliphatic carbocycles. The fourth-order valence-electron chi connectivity index (χ4n) is 3.42. The molecule has 31 heavy (non-hydrogen) atoms. The summed E-state index contributed by atoms with van der Waals surface area (Å²) in [6.07, 6.45) is 2.91. The average Bonchev–Trinajstić information content (AvgIpc) is 3.17. The Kier molecular flexibility index (Phi) is 4.89. The molecule has 1 aliphatic heterocycles. The van der Waals surface area contributed by atoms with E-state index in [9.17, 15) is 8.42 Å². The third kappa shape index (κ3) is 3.54. The van der Waals surface area contributed by atoms with Crippen LogP contribution in [-0.2, 0) is 10.0 Å². The number of sulfonamides is 1. The number of aryl methyl sites for hydroxylation is 1. The van der Waals surface area contributed by atoms with Crippen LogP contribution in [0.5, 0.6) is 0 Å². The number of hydrogen-bond donors (Lipinski definition) is 0. The van der Waals surface area contributed by atoms with Gasteiger partial charge in [0.1, 0.15) is 6.07 Å². The summed E-state index contributed by atoms with van der Waals surface area (Å²) >= 11 is 3.10. The second-order valence-electron chi connectivity index (χ2n) is 6.88. The molecule has 154 valence electrons. The maximum absolute atomic E-state index is 13.6. The molecule has 0 N–H and O–H groups in total. The summed E-state index contributed by atoms with van der Waals surface area (Å²) in [5.41, 5.74) is 2.48. The number of nitrogens with zero attached hydrogens (tertiary/aromatic N) is 5. The highest BCUT2D eigenvalue weighted by atomic mass is 32.2. The first-order valence-corrected chi connectivity index (χ1v) is 12.6. The highest BCUT2D eigenvalue weighted by molar-refractivity contribution is 8.00. The monoisotopic (exact) mass is 465 g/mol. The number of thioether (sulfide) groups is 1. The van der Waals surface area contributed by atoms with Crippen molar-refractivity contribution in [2.45, 2.75) is 16.7 Å². The Labute approximate surface area is 187 Å². The average molecular weight is 466 g/mol. The maximum atomic E-state index is 13.6. The molecule has 2 aromatic carbocycles. The molecule has 7 nitrogen and oxygen atoms in total. The van der Waals surface area contributed by atoms with Crippen LogP contribution in [0.15, 0.2) is 58.6 Å². The number of nitriles is 1. The number of aromatic nitrogens is 3. The van der Waals surface area contributed by atoms with Gasteiger partial charge in [0.2, 0.25) is 0 Å². The lowest BCUT2D eigenvalue weighted by Gasteiger charge is -2.30. The number of fused-ring (bicyclic) bond motifs is 2. The first-order valence-electron chi connectivity index (χ1n) is 9.35. The molecule has 0 radical (unpaired) electrons. The molecule has 4 aromatic rings. The first kappa shape index (κ1) is 19.9. The summed E-state index contributed by atoms with van der Waals surface area (Å²) in [5.74, 6) is 1.11. The minimum atomic E-state index is -3.75. The number of hydrogen-bond acceptors (Lipinski definition) is 8. The van der Waals surface area contributed by atoms with Crippen LogP contribution in [-0.4, -0.2) is 35.7 Å². The summed E-state index contributed by atoms with van der Waals surface area (Å²) in [4.78, 5) is 14.0. The van der Waals surface area contributed by atoms with Crippen molar-refractivity contribution >= 4 is 49.0 Å². The Morgan fingerprint density at radius 1 is 1.13 bits per heavy atom. The van der Waals surface area contributed by atoms with Gasteiger partial charge in [0.15, 0.2) is 5.82 Å². The highest BCUT2D eigenvalue weighted by Gasteiger charge is 2.30. The molecule has 0 saturated carbocycles. The van der Waals surface area contributed by atoms with E-state index in [1.807, 2.05) is 25.1 Å². The predicted molar refractivity (Wildman–Crippen MR) is 122 cm³/mol. The van der Waals surface area contributed by atoms with Crippen LogP contribution in [0.25, 0.3) is 21.6 Å². The maximum Gasteiger partial charge on any atom is 0.264 e. The Morgan fingerprint density at radius 3 is 2.71 bits per heavy atom. The molecule has 2 aromatic heterocycles. The van der Waals surface area contributed by atoms with Crippen LogP contribution >= 0.6 is 23.1 Å². The number of rotatable bonds is 3. The zero-order chi connectivity index (χ0) is 21.6. The lowest BCUT2D eigenvalue weighted by Crippen LogP contribution is -2.35. The molecule has 0 fully saturated rings. The molecular formula is C21H15N5O2S3. The topological polar surface area (TPSA) is 99.8 Å². The molecule has 5 rings (SSSR count). The molecule has 0 spiro atoms.